The lowest BCUT2D eigenvalue weighted by Gasteiger charge is -2.12. The van der Waals surface area contributed by atoms with E-state index in [2.05, 4.69) is 9.71 Å². The van der Waals surface area contributed by atoms with Gasteiger partial charge in [-0.15, -0.1) is 11.3 Å². The third-order valence-corrected chi connectivity index (χ3v) is 5.20. The molecule has 2 aromatic rings. The van der Waals surface area contributed by atoms with Gasteiger partial charge in [0.25, 0.3) is 0 Å². The van der Waals surface area contributed by atoms with Gasteiger partial charge in [0, 0.05) is 16.8 Å². The van der Waals surface area contributed by atoms with Crippen LogP contribution in [-0.4, -0.2) is 13.4 Å². The summed E-state index contributed by atoms with van der Waals surface area (Å²) in [7, 11) is -3.43. The second-order valence-corrected chi connectivity index (χ2v) is 7.67. The Morgan fingerprint density at radius 2 is 2.20 bits per heavy atom. The van der Waals surface area contributed by atoms with E-state index in [1.165, 1.54) is 11.3 Å². The highest BCUT2D eigenvalue weighted by molar-refractivity contribution is 7.88. The number of nitrogens with one attached hydrogen (secondary N) is 1. The summed E-state index contributed by atoms with van der Waals surface area (Å²) in [5.41, 5.74) is 6.87. The van der Waals surface area contributed by atoms with Gasteiger partial charge in [-0.25, -0.2) is 18.1 Å². The molecule has 108 valence electrons. The molecule has 0 bridgehead atoms. The van der Waals surface area contributed by atoms with Crippen LogP contribution < -0.4 is 10.5 Å². The topological polar surface area (TPSA) is 85.1 Å². The Morgan fingerprint density at radius 1 is 1.45 bits per heavy atom. The first kappa shape index (κ1) is 15.0. The van der Waals surface area contributed by atoms with Crippen molar-refractivity contribution >= 4 is 27.0 Å². The van der Waals surface area contributed by atoms with Gasteiger partial charge in [0.2, 0.25) is 10.0 Å². The van der Waals surface area contributed by atoms with Crippen molar-refractivity contribution in [2.75, 3.05) is 5.73 Å². The normalized spacial score (nSPS) is 13.3. The molecular formula is C13H17N3O2S2. The van der Waals surface area contributed by atoms with Crippen molar-refractivity contribution in [3.8, 4) is 0 Å². The van der Waals surface area contributed by atoms with Crippen LogP contribution in [0.25, 0.3) is 0 Å². The van der Waals surface area contributed by atoms with Crippen molar-refractivity contribution in [2.24, 2.45) is 0 Å². The number of nitrogen functional groups attached to an aromatic ring is 1. The molecule has 20 heavy (non-hydrogen) atoms. The molecular weight excluding hydrogens is 294 g/mol. The fourth-order valence-electron chi connectivity index (χ4n) is 1.84. The number of nitrogens with two attached hydrogens (primary N) is 1. The molecule has 0 amide bonds. The largest absolute Gasteiger partial charge is 0.399 e. The zero-order chi connectivity index (χ0) is 14.8. The van der Waals surface area contributed by atoms with Gasteiger partial charge >= 0.3 is 0 Å². The molecule has 0 spiro atoms. The Balaban J connectivity index is 2.07. The minimum atomic E-state index is -3.43. The fourth-order valence-corrected chi connectivity index (χ4v) is 4.04. The minimum absolute atomic E-state index is 0.0905. The highest BCUT2D eigenvalue weighted by Gasteiger charge is 2.18. The van der Waals surface area contributed by atoms with Gasteiger partial charge in [-0.05, 0) is 31.5 Å². The summed E-state index contributed by atoms with van der Waals surface area (Å²) < 4.78 is 26.9. The molecule has 1 atom stereocenters. The van der Waals surface area contributed by atoms with Gasteiger partial charge in [-0.2, -0.15) is 0 Å². The first-order chi connectivity index (χ1) is 9.35. The Bertz CT molecular complexity index is 695. The number of aromatic nitrogens is 1. The molecule has 0 radical (unpaired) electrons. The Kier molecular flexibility index (Phi) is 4.42. The van der Waals surface area contributed by atoms with E-state index >= 15 is 0 Å². The maximum Gasteiger partial charge on any atom is 0.216 e. The molecule has 2 rings (SSSR count). The van der Waals surface area contributed by atoms with Crippen molar-refractivity contribution in [1.82, 2.24) is 9.71 Å². The van der Waals surface area contributed by atoms with Crippen LogP contribution in [0.4, 0.5) is 5.69 Å². The molecule has 0 aliphatic heterocycles. The second-order valence-electron chi connectivity index (χ2n) is 4.65. The molecule has 0 fully saturated rings. The number of hydrogen-bond acceptors (Lipinski definition) is 5. The lowest BCUT2D eigenvalue weighted by molar-refractivity contribution is 0.565. The van der Waals surface area contributed by atoms with E-state index in [4.69, 9.17) is 5.73 Å². The monoisotopic (exact) mass is 311 g/mol. The summed E-state index contributed by atoms with van der Waals surface area (Å²) >= 11 is 1.49. The number of benzene rings is 1. The Labute approximate surface area is 122 Å². The van der Waals surface area contributed by atoms with Gasteiger partial charge in [0.1, 0.15) is 5.01 Å². The quantitative estimate of drug-likeness (QED) is 0.829. The molecule has 1 heterocycles. The number of nitrogens with zero attached hydrogens (tertiary/aromatic N) is 1. The highest BCUT2D eigenvalue weighted by atomic mass is 32.2. The Hall–Kier alpha value is -1.44. The van der Waals surface area contributed by atoms with Crippen molar-refractivity contribution < 1.29 is 8.42 Å². The van der Waals surface area contributed by atoms with Gasteiger partial charge in [-0.1, -0.05) is 12.1 Å². The van der Waals surface area contributed by atoms with Crippen LogP contribution in [0.5, 0.6) is 0 Å². The molecule has 0 aliphatic rings. The zero-order valence-corrected chi connectivity index (χ0v) is 13.0. The van der Waals surface area contributed by atoms with Gasteiger partial charge < -0.3 is 5.73 Å². The SMILES string of the molecule is Cc1cnc(C(C)NS(=O)(=O)Cc2cccc(N)c2)s1. The van der Waals surface area contributed by atoms with E-state index in [1.54, 1.807) is 37.4 Å². The first-order valence-corrected chi connectivity index (χ1v) is 8.59. The molecule has 1 unspecified atom stereocenters. The second kappa shape index (κ2) is 5.90. The molecule has 3 N–H and O–H groups in total. The maximum atomic E-state index is 12.1. The van der Waals surface area contributed by atoms with Crippen LogP contribution in [0.15, 0.2) is 30.5 Å². The summed E-state index contributed by atoms with van der Waals surface area (Å²) in [4.78, 5) is 5.25. The molecule has 1 aromatic heterocycles. The minimum Gasteiger partial charge on any atom is -0.399 e. The lowest BCUT2D eigenvalue weighted by Crippen LogP contribution is -2.28. The van der Waals surface area contributed by atoms with Crippen molar-refractivity contribution in [2.45, 2.75) is 25.6 Å². The molecule has 1 aromatic carbocycles. The summed E-state index contributed by atoms with van der Waals surface area (Å²) in [6.45, 7) is 3.73. The van der Waals surface area contributed by atoms with E-state index in [0.29, 0.717) is 11.3 Å². The Morgan fingerprint density at radius 3 is 2.80 bits per heavy atom. The van der Waals surface area contributed by atoms with Crippen LogP contribution in [0, 0.1) is 6.92 Å². The van der Waals surface area contributed by atoms with Crippen LogP contribution in [0.2, 0.25) is 0 Å². The van der Waals surface area contributed by atoms with E-state index in [0.717, 1.165) is 9.88 Å². The summed E-state index contributed by atoms with van der Waals surface area (Å²) in [6, 6.07) is 6.54. The third kappa shape index (κ3) is 4.03. The predicted octanol–water partition coefficient (Wildman–Crippen LogP) is 2.21. The van der Waals surface area contributed by atoms with Gasteiger partial charge in [-0.3, -0.25) is 0 Å². The predicted molar refractivity (Wildman–Crippen MR) is 81.9 cm³/mol. The van der Waals surface area contributed by atoms with Gasteiger partial charge in [0.05, 0.1) is 11.8 Å². The fraction of sp³-hybridized carbons (Fsp3) is 0.308. The van der Waals surface area contributed by atoms with Crippen LogP contribution in [0.1, 0.15) is 28.4 Å². The smallest absolute Gasteiger partial charge is 0.216 e. The maximum absolute atomic E-state index is 12.1. The van der Waals surface area contributed by atoms with Gasteiger partial charge in [0.15, 0.2) is 0 Å². The number of hydrogen-bond donors (Lipinski definition) is 2. The highest BCUT2D eigenvalue weighted by Crippen LogP contribution is 2.20. The van der Waals surface area contributed by atoms with Crippen molar-refractivity contribution in [1.29, 1.82) is 0 Å². The van der Waals surface area contributed by atoms with Crippen molar-refractivity contribution in [3.63, 3.8) is 0 Å². The first-order valence-electron chi connectivity index (χ1n) is 6.12. The summed E-state index contributed by atoms with van der Waals surface area (Å²) in [6.07, 6.45) is 1.74. The lowest BCUT2D eigenvalue weighted by atomic mass is 10.2. The molecule has 0 saturated carbocycles. The number of anilines is 1. The average Bonchev–Trinajstić information content (AvgIpc) is 2.74. The third-order valence-electron chi connectivity index (χ3n) is 2.67. The zero-order valence-electron chi connectivity index (χ0n) is 11.3. The number of rotatable bonds is 5. The molecule has 7 heteroatoms. The van der Waals surface area contributed by atoms with E-state index in [-0.39, 0.29) is 11.8 Å². The van der Waals surface area contributed by atoms with E-state index in [9.17, 15) is 8.42 Å². The summed E-state index contributed by atoms with van der Waals surface area (Å²) in [5.74, 6) is -0.0905. The van der Waals surface area contributed by atoms with Crippen LogP contribution >= 0.6 is 11.3 Å². The standard InChI is InChI=1S/C13H17N3O2S2/c1-9-7-15-13(19-9)10(2)16-20(17,18)8-11-4-3-5-12(14)6-11/h3-7,10,16H,8,14H2,1-2H3. The average molecular weight is 311 g/mol. The van der Waals surface area contributed by atoms with E-state index < -0.39 is 10.0 Å². The molecule has 0 aliphatic carbocycles. The van der Waals surface area contributed by atoms with Crippen LogP contribution in [-0.2, 0) is 15.8 Å². The summed E-state index contributed by atoms with van der Waals surface area (Å²) in [5, 5.41) is 0.763. The number of sulfonamides is 1. The number of aryl methyl sites for hydroxylation is 1. The van der Waals surface area contributed by atoms with Crippen molar-refractivity contribution in [3.05, 3.63) is 45.9 Å². The molecule has 0 saturated heterocycles. The van der Waals surface area contributed by atoms with E-state index in [1.807, 2.05) is 6.92 Å². The number of thiazole rings is 1. The molecule has 5 nitrogen and oxygen atoms in total. The van der Waals surface area contributed by atoms with Crippen LogP contribution in [0.3, 0.4) is 0 Å².